The zero-order valence-electron chi connectivity index (χ0n) is 10.2. The van der Waals surface area contributed by atoms with Gasteiger partial charge in [0.15, 0.2) is 0 Å². The molecule has 0 spiro atoms. The number of carbonyl (C=O) groups is 1. The number of nitrogens with one attached hydrogen (secondary N) is 1. The van der Waals surface area contributed by atoms with Crippen molar-refractivity contribution in [2.45, 2.75) is 12.3 Å². The molecule has 1 aromatic heterocycles. The Labute approximate surface area is 110 Å². The van der Waals surface area contributed by atoms with Gasteiger partial charge in [-0.2, -0.15) is 0 Å². The van der Waals surface area contributed by atoms with E-state index in [1.54, 1.807) is 36.7 Å². The Morgan fingerprint density at radius 1 is 1.16 bits per heavy atom. The lowest BCUT2D eigenvalue weighted by molar-refractivity contribution is -0.117. The molecule has 1 aliphatic rings. The first-order valence-corrected chi connectivity index (χ1v) is 6.20. The summed E-state index contributed by atoms with van der Waals surface area (Å²) in [4.78, 5) is 15.9. The van der Waals surface area contributed by atoms with Gasteiger partial charge >= 0.3 is 0 Å². The molecule has 4 heteroatoms. The van der Waals surface area contributed by atoms with Crippen LogP contribution in [0.4, 0.5) is 10.1 Å². The highest BCUT2D eigenvalue weighted by Gasteiger charge is 2.43. The van der Waals surface area contributed by atoms with Crippen molar-refractivity contribution >= 4 is 11.6 Å². The fraction of sp³-hybridized carbons (Fsp3) is 0.200. The molecule has 0 saturated heterocycles. The van der Waals surface area contributed by atoms with Crippen molar-refractivity contribution in [1.29, 1.82) is 0 Å². The van der Waals surface area contributed by atoms with Crippen LogP contribution >= 0.6 is 0 Å². The third-order valence-corrected chi connectivity index (χ3v) is 3.37. The highest BCUT2D eigenvalue weighted by molar-refractivity contribution is 5.95. The average Bonchev–Trinajstić information content (AvgIpc) is 3.21. The van der Waals surface area contributed by atoms with Crippen LogP contribution in [-0.2, 0) is 4.79 Å². The number of pyridine rings is 1. The molecule has 1 fully saturated rings. The van der Waals surface area contributed by atoms with Crippen molar-refractivity contribution in [1.82, 2.24) is 4.98 Å². The number of nitrogens with zero attached hydrogens (tertiary/aromatic N) is 1. The van der Waals surface area contributed by atoms with E-state index in [-0.39, 0.29) is 23.6 Å². The van der Waals surface area contributed by atoms with E-state index >= 15 is 0 Å². The molecule has 3 nitrogen and oxygen atoms in total. The molecule has 96 valence electrons. The van der Waals surface area contributed by atoms with Gasteiger partial charge in [-0.15, -0.1) is 0 Å². The van der Waals surface area contributed by atoms with E-state index in [1.165, 1.54) is 12.1 Å². The predicted octanol–water partition coefficient (Wildman–Crippen LogP) is 2.96. The molecule has 1 amide bonds. The van der Waals surface area contributed by atoms with Gasteiger partial charge < -0.3 is 5.32 Å². The van der Waals surface area contributed by atoms with E-state index in [4.69, 9.17) is 0 Å². The standard InChI is InChI=1S/C15H13FN2O/c16-11-3-1-10(2-4-11)13-9-14(13)15(19)18-12-5-7-17-8-6-12/h1-8,13-14H,9H2,(H,17,18,19). The van der Waals surface area contributed by atoms with E-state index in [2.05, 4.69) is 10.3 Å². The summed E-state index contributed by atoms with van der Waals surface area (Å²) in [6.07, 6.45) is 4.10. The molecule has 19 heavy (non-hydrogen) atoms. The summed E-state index contributed by atoms with van der Waals surface area (Å²) in [7, 11) is 0. The first kappa shape index (κ1) is 11.8. The van der Waals surface area contributed by atoms with Crippen LogP contribution in [0.15, 0.2) is 48.8 Å². The predicted molar refractivity (Wildman–Crippen MR) is 70.1 cm³/mol. The third kappa shape index (κ3) is 2.62. The van der Waals surface area contributed by atoms with Crippen LogP contribution in [-0.4, -0.2) is 10.9 Å². The van der Waals surface area contributed by atoms with Crippen LogP contribution in [0.3, 0.4) is 0 Å². The van der Waals surface area contributed by atoms with Gasteiger partial charge in [0.1, 0.15) is 5.82 Å². The van der Waals surface area contributed by atoms with E-state index in [0.29, 0.717) is 0 Å². The summed E-state index contributed by atoms with van der Waals surface area (Å²) >= 11 is 0. The fourth-order valence-corrected chi connectivity index (χ4v) is 2.23. The smallest absolute Gasteiger partial charge is 0.228 e. The van der Waals surface area contributed by atoms with Crippen molar-refractivity contribution in [2.75, 3.05) is 5.32 Å². The number of hydrogen-bond acceptors (Lipinski definition) is 2. The van der Waals surface area contributed by atoms with E-state index in [9.17, 15) is 9.18 Å². The number of aromatic nitrogens is 1. The van der Waals surface area contributed by atoms with Crippen LogP contribution in [0.25, 0.3) is 0 Å². The molecule has 3 rings (SSSR count). The van der Waals surface area contributed by atoms with Gasteiger partial charge in [-0.1, -0.05) is 12.1 Å². The highest BCUT2D eigenvalue weighted by atomic mass is 19.1. The lowest BCUT2D eigenvalue weighted by Crippen LogP contribution is -2.14. The molecule has 1 N–H and O–H groups in total. The number of rotatable bonds is 3. The van der Waals surface area contributed by atoms with Crippen molar-refractivity contribution < 1.29 is 9.18 Å². The van der Waals surface area contributed by atoms with Crippen molar-refractivity contribution in [3.63, 3.8) is 0 Å². The Hall–Kier alpha value is -2.23. The summed E-state index contributed by atoms with van der Waals surface area (Å²) in [6, 6.07) is 9.89. The average molecular weight is 256 g/mol. The second-order valence-corrected chi connectivity index (χ2v) is 4.73. The van der Waals surface area contributed by atoms with Crippen LogP contribution in [0.5, 0.6) is 0 Å². The van der Waals surface area contributed by atoms with Gasteiger partial charge in [0.25, 0.3) is 0 Å². The number of hydrogen-bond donors (Lipinski definition) is 1. The maximum Gasteiger partial charge on any atom is 0.228 e. The van der Waals surface area contributed by atoms with E-state index in [1.807, 2.05) is 0 Å². The van der Waals surface area contributed by atoms with Crippen molar-refractivity contribution in [3.05, 3.63) is 60.2 Å². The molecule has 1 aromatic carbocycles. The summed E-state index contributed by atoms with van der Waals surface area (Å²) in [5.41, 5.74) is 1.78. The third-order valence-electron chi connectivity index (χ3n) is 3.37. The van der Waals surface area contributed by atoms with Gasteiger partial charge in [0.2, 0.25) is 5.91 Å². The summed E-state index contributed by atoms with van der Waals surface area (Å²) in [6.45, 7) is 0. The van der Waals surface area contributed by atoms with Crippen LogP contribution in [0.1, 0.15) is 17.9 Å². The molecule has 0 bridgehead atoms. The monoisotopic (exact) mass is 256 g/mol. The molecule has 1 heterocycles. The van der Waals surface area contributed by atoms with Gasteiger partial charge in [0, 0.05) is 24.0 Å². The molecular weight excluding hydrogens is 243 g/mol. The number of amides is 1. The van der Waals surface area contributed by atoms with Crippen LogP contribution in [0, 0.1) is 11.7 Å². The van der Waals surface area contributed by atoms with Gasteiger partial charge in [-0.05, 0) is 42.2 Å². The molecule has 2 atom stereocenters. The molecule has 0 radical (unpaired) electrons. The topological polar surface area (TPSA) is 42.0 Å². The first-order valence-electron chi connectivity index (χ1n) is 6.20. The first-order chi connectivity index (χ1) is 9.24. The molecular formula is C15H13FN2O. The summed E-state index contributed by atoms with van der Waals surface area (Å²) in [5, 5.41) is 2.86. The number of benzene rings is 1. The molecule has 1 saturated carbocycles. The van der Waals surface area contributed by atoms with Crippen LogP contribution < -0.4 is 5.32 Å². The quantitative estimate of drug-likeness (QED) is 0.917. The number of carbonyl (C=O) groups excluding carboxylic acids is 1. The summed E-state index contributed by atoms with van der Waals surface area (Å²) < 4.78 is 12.8. The van der Waals surface area contributed by atoms with E-state index in [0.717, 1.165) is 17.7 Å². The summed E-state index contributed by atoms with van der Waals surface area (Å²) in [5.74, 6) is -0.0382. The highest BCUT2D eigenvalue weighted by Crippen LogP contribution is 2.47. The molecule has 0 aliphatic heterocycles. The van der Waals surface area contributed by atoms with Gasteiger partial charge in [-0.25, -0.2) is 4.39 Å². The fourth-order valence-electron chi connectivity index (χ4n) is 2.23. The van der Waals surface area contributed by atoms with Crippen molar-refractivity contribution in [3.8, 4) is 0 Å². The lowest BCUT2D eigenvalue weighted by Gasteiger charge is -2.04. The maximum atomic E-state index is 12.8. The molecule has 2 aromatic rings. The number of halogens is 1. The molecule has 2 unspecified atom stereocenters. The Kier molecular flexibility index (Phi) is 2.99. The minimum Gasteiger partial charge on any atom is -0.326 e. The van der Waals surface area contributed by atoms with Gasteiger partial charge in [0.05, 0.1) is 0 Å². The SMILES string of the molecule is O=C(Nc1ccncc1)C1CC1c1ccc(F)cc1. The Morgan fingerprint density at radius 2 is 1.84 bits per heavy atom. The number of anilines is 1. The largest absolute Gasteiger partial charge is 0.326 e. The maximum absolute atomic E-state index is 12.8. The second-order valence-electron chi connectivity index (χ2n) is 4.73. The zero-order valence-corrected chi connectivity index (χ0v) is 10.2. The van der Waals surface area contributed by atoms with E-state index < -0.39 is 0 Å². The second kappa shape index (κ2) is 4.80. The Morgan fingerprint density at radius 3 is 2.53 bits per heavy atom. The Bertz CT molecular complexity index is 583. The van der Waals surface area contributed by atoms with Gasteiger partial charge in [-0.3, -0.25) is 9.78 Å². The van der Waals surface area contributed by atoms with Crippen molar-refractivity contribution in [2.24, 2.45) is 5.92 Å². The Balaban J connectivity index is 1.63. The van der Waals surface area contributed by atoms with Crippen LogP contribution in [0.2, 0.25) is 0 Å². The minimum atomic E-state index is -0.248. The molecule has 1 aliphatic carbocycles. The minimum absolute atomic E-state index is 0.0144. The lowest BCUT2D eigenvalue weighted by atomic mass is 10.1. The zero-order chi connectivity index (χ0) is 13.2. The normalized spacial score (nSPS) is 20.9.